The average Bonchev–Trinajstić information content (AvgIpc) is 2.97. The van der Waals surface area contributed by atoms with E-state index in [1.807, 2.05) is 0 Å². The number of nitrogens with zero attached hydrogens (tertiary/aromatic N) is 2. The molecule has 0 bridgehead atoms. The molecule has 0 saturated heterocycles. The molecule has 106 valence electrons. The normalized spacial score (nSPS) is 8.95. The van der Waals surface area contributed by atoms with Crippen LogP contribution in [0.5, 0.6) is 0 Å². The molecule has 0 amide bonds. The molecule has 0 saturated carbocycles. The summed E-state index contributed by atoms with van der Waals surface area (Å²) in [6, 6.07) is 0. The van der Waals surface area contributed by atoms with Gasteiger partial charge in [0.25, 0.3) is 0 Å². The number of thiol groups is 2. The summed E-state index contributed by atoms with van der Waals surface area (Å²) in [6.07, 6.45) is 5.14. The van der Waals surface area contributed by atoms with E-state index >= 15 is 0 Å². The number of hydrogen-bond acceptors (Lipinski definition) is 7. The average molecular weight is 304 g/mol. The van der Waals surface area contributed by atoms with Crippen molar-refractivity contribution in [3.8, 4) is 0 Å². The quantitative estimate of drug-likeness (QED) is 0.489. The van der Waals surface area contributed by atoms with Crippen molar-refractivity contribution in [2.45, 2.75) is 0 Å². The van der Waals surface area contributed by atoms with E-state index in [0.29, 0.717) is 24.7 Å². The maximum Gasteiger partial charge on any atom is 0.419 e. The molecule has 0 aliphatic rings. The Labute approximate surface area is 122 Å². The van der Waals surface area contributed by atoms with Crippen LogP contribution in [0, 0.1) is 0 Å². The lowest BCUT2D eigenvalue weighted by Gasteiger charge is -2.00. The summed E-state index contributed by atoms with van der Waals surface area (Å²) in [5, 5.41) is 0. The number of rotatable bonds is 5. The van der Waals surface area contributed by atoms with Crippen molar-refractivity contribution in [2.75, 3.05) is 24.7 Å². The maximum atomic E-state index is 10.9. The summed E-state index contributed by atoms with van der Waals surface area (Å²) in [5.74, 6) is 0.694. The zero-order valence-electron chi connectivity index (χ0n) is 10.3. The molecule has 0 atom stereocenters. The molecule has 0 aliphatic heterocycles. The van der Waals surface area contributed by atoms with Crippen molar-refractivity contribution in [1.29, 1.82) is 0 Å². The monoisotopic (exact) mass is 304 g/mol. The van der Waals surface area contributed by atoms with Gasteiger partial charge in [-0.05, 0) is 0 Å². The summed E-state index contributed by atoms with van der Waals surface area (Å²) in [6.45, 7) is 3.89. The van der Waals surface area contributed by atoms with Crippen LogP contribution in [0.15, 0.2) is 31.4 Å². The van der Waals surface area contributed by atoms with Gasteiger partial charge in [-0.3, -0.25) is 0 Å². The highest BCUT2D eigenvalue weighted by molar-refractivity contribution is 7.80. The van der Waals surface area contributed by atoms with Gasteiger partial charge < -0.3 is 9.47 Å². The molecular weight excluding hydrogens is 288 g/mol. The van der Waals surface area contributed by atoms with Crippen LogP contribution in [0.3, 0.4) is 0 Å². The van der Waals surface area contributed by atoms with Crippen molar-refractivity contribution in [2.24, 2.45) is 0 Å². The number of hydrogen-bond donors (Lipinski definition) is 2. The molecule has 8 heteroatoms. The second-order valence-corrected chi connectivity index (χ2v) is 3.80. The van der Waals surface area contributed by atoms with E-state index in [1.165, 1.54) is 23.3 Å². The lowest BCUT2D eigenvalue weighted by molar-refractivity contribution is -0.137. The van der Waals surface area contributed by atoms with Gasteiger partial charge in [-0.1, -0.05) is 6.58 Å². The molecule has 0 unspecified atom stereocenters. The van der Waals surface area contributed by atoms with Gasteiger partial charge in [0.1, 0.15) is 19.5 Å². The van der Waals surface area contributed by atoms with E-state index in [9.17, 15) is 9.59 Å². The minimum Gasteiger partial charge on any atom is -0.462 e. The molecule has 0 aliphatic carbocycles. The van der Waals surface area contributed by atoms with Crippen molar-refractivity contribution < 1.29 is 19.1 Å². The zero-order valence-corrected chi connectivity index (χ0v) is 12.1. The second-order valence-electron chi connectivity index (χ2n) is 2.90. The number of esters is 1. The van der Waals surface area contributed by atoms with Crippen LogP contribution < -0.4 is 0 Å². The van der Waals surface area contributed by atoms with Crippen molar-refractivity contribution in [1.82, 2.24) is 9.55 Å². The topological polar surface area (TPSA) is 70.4 Å². The van der Waals surface area contributed by atoms with Gasteiger partial charge in [-0.2, -0.15) is 25.3 Å². The predicted molar refractivity (Wildman–Crippen MR) is 77.8 cm³/mol. The molecule has 0 spiro atoms. The number of imidazole rings is 1. The van der Waals surface area contributed by atoms with Crippen molar-refractivity contribution in [3.63, 3.8) is 0 Å². The molecule has 19 heavy (non-hydrogen) atoms. The fraction of sp³-hybridized carbons (Fsp3) is 0.364. The zero-order chi connectivity index (χ0) is 14.5. The summed E-state index contributed by atoms with van der Waals surface area (Å²) in [4.78, 5) is 24.8. The van der Waals surface area contributed by atoms with Crippen LogP contribution in [0.2, 0.25) is 0 Å². The number of ether oxygens (including phenoxy) is 2. The van der Waals surface area contributed by atoms with Gasteiger partial charge in [0.05, 0.1) is 0 Å². The summed E-state index contributed by atoms with van der Waals surface area (Å²) in [7, 11) is 0. The van der Waals surface area contributed by atoms with E-state index in [4.69, 9.17) is 4.74 Å². The fourth-order valence-corrected chi connectivity index (χ4v) is 0.962. The molecule has 1 heterocycles. The Bertz CT molecular complexity index is 382. The highest BCUT2D eigenvalue weighted by atomic mass is 32.1. The summed E-state index contributed by atoms with van der Waals surface area (Å²) < 4.78 is 10.5. The SMILES string of the molecule is C=CC(=O)OCCS.O=C(OCCS)n1ccnc1. The van der Waals surface area contributed by atoms with Crippen LogP contribution in [0.1, 0.15) is 0 Å². The Morgan fingerprint density at radius 3 is 2.37 bits per heavy atom. The minimum atomic E-state index is -0.420. The molecule has 0 N–H and O–H groups in total. The van der Waals surface area contributed by atoms with E-state index in [0.717, 1.165) is 6.08 Å². The molecule has 0 fully saturated rings. The van der Waals surface area contributed by atoms with Gasteiger partial charge in [0.15, 0.2) is 0 Å². The van der Waals surface area contributed by atoms with Gasteiger partial charge in [-0.15, -0.1) is 0 Å². The number of carbonyl (C=O) groups excluding carboxylic acids is 2. The standard InChI is InChI=1S/C6H8N2O2S.C5H8O2S/c9-6(10-3-4-11)8-2-1-7-5-8;1-2-5(6)7-3-4-8/h1-2,5,11H,3-4H2;2,8H,1,3-4H2. The Hall–Kier alpha value is -1.41. The third kappa shape index (κ3) is 9.20. The van der Waals surface area contributed by atoms with E-state index < -0.39 is 6.09 Å². The van der Waals surface area contributed by atoms with Gasteiger partial charge in [-0.25, -0.2) is 19.1 Å². The molecule has 0 aromatic carbocycles. The first-order valence-corrected chi connectivity index (χ1v) is 6.58. The van der Waals surface area contributed by atoms with E-state index in [1.54, 1.807) is 0 Å². The third-order valence-corrected chi connectivity index (χ3v) is 1.90. The number of carbonyl (C=O) groups is 2. The van der Waals surface area contributed by atoms with Crippen LogP contribution in [0.4, 0.5) is 4.79 Å². The Balaban J connectivity index is 0.000000362. The van der Waals surface area contributed by atoms with Crippen LogP contribution in [0.25, 0.3) is 0 Å². The Kier molecular flexibility index (Phi) is 10.8. The predicted octanol–water partition coefficient (Wildman–Crippen LogP) is 1.44. The lowest BCUT2D eigenvalue weighted by atomic mass is 10.6. The molecule has 1 aromatic heterocycles. The summed E-state index contributed by atoms with van der Waals surface area (Å²) >= 11 is 7.71. The van der Waals surface area contributed by atoms with E-state index in [2.05, 4.69) is 41.6 Å². The van der Waals surface area contributed by atoms with Crippen molar-refractivity contribution in [3.05, 3.63) is 31.4 Å². The lowest BCUT2D eigenvalue weighted by Crippen LogP contribution is -2.12. The first-order valence-electron chi connectivity index (χ1n) is 5.31. The smallest absolute Gasteiger partial charge is 0.419 e. The second kappa shape index (κ2) is 11.7. The first kappa shape index (κ1) is 17.6. The highest BCUT2D eigenvalue weighted by Gasteiger charge is 2.01. The molecule has 1 rings (SSSR count). The van der Waals surface area contributed by atoms with Gasteiger partial charge >= 0.3 is 12.1 Å². The van der Waals surface area contributed by atoms with Crippen molar-refractivity contribution >= 4 is 37.3 Å². The van der Waals surface area contributed by atoms with Crippen LogP contribution >= 0.6 is 25.3 Å². The highest BCUT2D eigenvalue weighted by Crippen LogP contribution is 1.89. The molecule has 6 nitrogen and oxygen atoms in total. The van der Waals surface area contributed by atoms with Crippen LogP contribution in [-0.4, -0.2) is 46.3 Å². The third-order valence-electron chi connectivity index (χ3n) is 1.53. The fourth-order valence-electron chi connectivity index (χ4n) is 0.780. The Morgan fingerprint density at radius 2 is 1.89 bits per heavy atom. The van der Waals surface area contributed by atoms with Crippen LogP contribution in [-0.2, 0) is 14.3 Å². The summed E-state index contributed by atoms with van der Waals surface area (Å²) in [5.41, 5.74) is 0. The van der Waals surface area contributed by atoms with Gasteiger partial charge in [0.2, 0.25) is 0 Å². The molecular formula is C11H16N2O4S2. The minimum absolute atomic E-state index is 0.320. The number of aromatic nitrogens is 2. The maximum absolute atomic E-state index is 10.9. The Morgan fingerprint density at radius 1 is 1.26 bits per heavy atom. The van der Waals surface area contributed by atoms with Gasteiger partial charge in [0, 0.05) is 30.0 Å². The molecule has 0 radical (unpaired) electrons. The largest absolute Gasteiger partial charge is 0.462 e. The van der Waals surface area contributed by atoms with E-state index in [-0.39, 0.29) is 5.97 Å². The molecule has 1 aromatic rings. The first-order chi connectivity index (χ1) is 9.15.